The standard InChI is InChI=1S/HNO3.H3N.Y/c2-1(3)4;;/h(H,2,3,4);1H3;. The quantitative estimate of drug-likeness (QED) is 0.387. The number of rotatable bonds is 0. The molecule has 0 fully saturated rings. The molecular formula is H4N2O3Y. The average Bonchev–Trinajstić information content (AvgIpc) is 0.811. The van der Waals surface area contributed by atoms with Crippen LogP contribution in [0.3, 0.4) is 0 Å². The predicted octanol–water partition coefficient (Wildman–Crippen LogP) is -0.188. The van der Waals surface area contributed by atoms with Crippen LogP contribution < -0.4 is 6.15 Å². The summed E-state index contributed by atoms with van der Waals surface area (Å²) in [7, 11) is 0. The van der Waals surface area contributed by atoms with E-state index < -0.39 is 5.09 Å². The molecule has 0 amide bonds. The summed E-state index contributed by atoms with van der Waals surface area (Å²) in [5.41, 5.74) is 0. The molecule has 0 atom stereocenters. The van der Waals surface area contributed by atoms with Crippen molar-refractivity contribution in [3.05, 3.63) is 10.1 Å². The molecule has 0 bridgehead atoms. The fourth-order valence-electron chi connectivity index (χ4n) is 0. The first-order valence-corrected chi connectivity index (χ1v) is 0.565. The number of nitrogens with zero attached hydrogens (tertiary/aromatic N) is 1. The second-order valence-corrected chi connectivity index (χ2v) is 0.238. The van der Waals surface area contributed by atoms with E-state index in [-0.39, 0.29) is 38.9 Å². The minimum atomic E-state index is -1.50. The summed E-state index contributed by atoms with van der Waals surface area (Å²) in [4.78, 5) is 8.36. The van der Waals surface area contributed by atoms with E-state index in [1.165, 1.54) is 0 Å². The minimum Gasteiger partial charge on any atom is -0.344 e. The van der Waals surface area contributed by atoms with Gasteiger partial charge in [-0.1, -0.05) is 0 Å². The van der Waals surface area contributed by atoms with E-state index in [4.69, 9.17) is 15.3 Å². The zero-order valence-corrected chi connectivity index (χ0v) is 5.83. The fraction of sp³-hybridized carbons (Fsp3) is 0. The summed E-state index contributed by atoms with van der Waals surface area (Å²) >= 11 is 0. The Morgan fingerprint density at radius 1 is 1.67 bits per heavy atom. The second-order valence-electron chi connectivity index (χ2n) is 0.238. The molecule has 0 aromatic carbocycles. The third kappa shape index (κ3) is 652. The summed E-state index contributed by atoms with van der Waals surface area (Å²) in [6, 6.07) is 0. The van der Waals surface area contributed by atoms with Gasteiger partial charge in [-0.05, 0) is 0 Å². The molecule has 6 heteroatoms. The molecule has 0 spiro atoms. The van der Waals surface area contributed by atoms with Crippen LogP contribution in [0.1, 0.15) is 0 Å². The summed E-state index contributed by atoms with van der Waals surface area (Å²) in [6.07, 6.45) is 0. The molecule has 0 aromatic rings. The Morgan fingerprint density at radius 2 is 1.67 bits per heavy atom. The van der Waals surface area contributed by atoms with Crippen molar-refractivity contribution in [3.8, 4) is 0 Å². The van der Waals surface area contributed by atoms with Crippen molar-refractivity contribution in [2.24, 2.45) is 0 Å². The van der Waals surface area contributed by atoms with Gasteiger partial charge in [-0.25, -0.2) is 0 Å². The molecule has 0 unspecified atom stereocenters. The van der Waals surface area contributed by atoms with Gasteiger partial charge in [0.1, 0.15) is 0 Å². The normalized spacial score (nSPS) is 4.00. The SMILES string of the molecule is N.O=[N+]([O-])O.[Y]. The molecule has 4 N–H and O–H groups in total. The van der Waals surface area contributed by atoms with Gasteiger partial charge >= 0.3 is 0 Å². The maximum Gasteiger partial charge on any atom is 0.291 e. The van der Waals surface area contributed by atoms with Gasteiger partial charge in [-0.2, -0.15) is 0 Å². The molecule has 0 aromatic heterocycles. The molecular weight excluding hydrogens is 165 g/mol. The molecule has 0 aliphatic rings. The molecule has 0 aliphatic heterocycles. The Bertz CT molecular complexity index is 31.8. The maximum atomic E-state index is 8.36. The van der Waals surface area contributed by atoms with Gasteiger partial charge in [0.2, 0.25) is 0 Å². The zero-order valence-electron chi connectivity index (χ0n) is 3.00. The van der Waals surface area contributed by atoms with Gasteiger partial charge in [0, 0.05) is 32.7 Å². The Kier molecular flexibility index (Phi) is 24.4. The molecule has 5 nitrogen and oxygen atoms in total. The van der Waals surface area contributed by atoms with Gasteiger partial charge in [0.15, 0.2) is 0 Å². The van der Waals surface area contributed by atoms with E-state index in [9.17, 15) is 0 Å². The molecule has 35 valence electrons. The van der Waals surface area contributed by atoms with Crippen LogP contribution >= 0.6 is 0 Å². The van der Waals surface area contributed by atoms with E-state index in [0.29, 0.717) is 0 Å². The fourth-order valence-corrected chi connectivity index (χ4v) is 0. The van der Waals surface area contributed by atoms with Crippen molar-refractivity contribution in [1.82, 2.24) is 6.15 Å². The monoisotopic (exact) mass is 169 g/mol. The minimum absolute atomic E-state index is 0. The van der Waals surface area contributed by atoms with Crippen molar-refractivity contribution in [1.29, 1.82) is 0 Å². The summed E-state index contributed by atoms with van der Waals surface area (Å²) < 4.78 is 0. The predicted molar refractivity (Wildman–Crippen MR) is 13.8 cm³/mol. The maximum absolute atomic E-state index is 8.36. The largest absolute Gasteiger partial charge is 0.344 e. The molecule has 0 rings (SSSR count). The first kappa shape index (κ1) is 16.3. The summed E-state index contributed by atoms with van der Waals surface area (Å²) in [5.74, 6) is 0. The molecule has 0 heterocycles. The smallest absolute Gasteiger partial charge is 0.291 e. The van der Waals surface area contributed by atoms with Crippen molar-refractivity contribution >= 4 is 0 Å². The van der Waals surface area contributed by atoms with Gasteiger partial charge in [0.25, 0.3) is 5.09 Å². The molecule has 6 heavy (non-hydrogen) atoms. The van der Waals surface area contributed by atoms with Gasteiger partial charge in [-0.3, -0.25) is 0 Å². The van der Waals surface area contributed by atoms with Crippen LogP contribution in [0.15, 0.2) is 0 Å². The number of hydrogen-bond acceptors (Lipinski definition) is 3. The van der Waals surface area contributed by atoms with Crippen LogP contribution in [0.4, 0.5) is 0 Å². The Hall–Kier alpha value is 0.264. The van der Waals surface area contributed by atoms with E-state index in [1.54, 1.807) is 0 Å². The van der Waals surface area contributed by atoms with E-state index >= 15 is 0 Å². The van der Waals surface area contributed by atoms with Crippen LogP contribution in [-0.4, -0.2) is 10.3 Å². The summed E-state index contributed by atoms with van der Waals surface area (Å²) in [6.45, 7) is 0. The van der Waals surface area contributed by atoms with E-state index in [2.05, 4.69) is 0 Å². The average molecular weight is 169 g/mol. The van der Waals surface area contributed by atoms with Crippen LogP contribution in [0.25, 0.3) is 0 Å². The summed E-state index contributed by atoms with van der Waals surface area (Å²) in [5, 5.41) is 13.6. The van der Waals surface area contributed by atoms with Crippen LogP contribution in [0.2, 0.25) is 0 Å². The first-order chi connectivity index (χ1) is 1.73. The Balaban J connectivity index is -0.0000000450. The molecule has 0 aliphatic carbocycles. The van der Waals surface area contributed by atoms with Crippen LogP contribution in [0.5, 0.6) is 0 Å². The van der Waals surface area contributed by atoms with E-state index in [0.717, 1.165) is 0 Å². The Labute approximate surface area is 59.3 Å². The van der Waals surface area contributed by atoms with Crippen LogP contribution in [-0.2, 0) is 32.7 Å². The van der Waals surface area contributed by atoms with E-state index in [1.807, 2.05) is 0 Å². The first-order valence-electron chi connectivity index (χ1n) is 0.565. The zero-order chi connectivity index (χ0) is 3.58. The van der Waals surface area contributed by atoms with Gasteiger partial charge < -0.3 is 11.4 Å². The van der Waals surface area contributed by atoms with Crippen molar-refractivity contribution in [3.63, 3.8) is 0 Å². The van der Waals surface area contributed by atoms with Crippen molar-refractivity contribution in [2.45, 2.75) is 0 Å². The Morgan fingerprint density at radius 3 is 1.67 bits per heavy atom. The second kappa shape index (κ2) is 8.98. The van der Waals surface area contributed by atoms with Gasteiger partial charge in [-0.15, -0.1) is 10.1 Å². The third-order valence-corrected chi connectivity index (χ3v) is 0. The topological polar surface area (TPSA) is 98.4 Å². The molecule has 1 radical (unpaired) electrons. The van der Waals surface area contributed by atoms with Crippen molar-refractivity contribution in [2.75, 3.05) is 0 Å². The number of hydrogen-bond donors (Lipinski definition) is 2. The molecule has 0 saturated carbocycles. The van der Waals surface area contributed by atoms with Crippen molar-refractivity contribution < 1.29 is 43.0 Å². The molecule has 0 saturated heterocycles. The third-order valence-electron chi connectivity index (χ3n) is 0. The van der Waals surface area contributed by atoms with Gasteiger partial charge in [0.05, 0.1) is 0 Å². The van der Waals surface area contributed by atoms with Crippen LogP contribution in [0, 0.1) is 10.1 Å².